The third-order valence-corrected chi connectivity index (χ3v) is 14.2. The summed E-state index contributed by atoms with van der Waals surface area (Å²) in [6, 6.07) is 121. The van der Waals surface area contributed by atoms with Gasteiger partial charge in [0.05, 0.1) is 22.8 Å². The van der Waals surface area contributed by atoms with Crippen molar-refractivity contribution in [1.29, 1.82) is 0 Å². The van der Waals surface area contributed by atoms with Crippen molar-refractivity contribution in [1.82, 2.24) is 0 Å². The molecule has 4 heteroatoms. The molecule has 0 unspecified atom stereocenters. The SMILES string of the molecule is C(=C(c1cccc(-c2ccccc2)c1C(=Cc1ccccc1N(c1ccccc1)c1ccccc1)N(c1ccccc1)c1ccccc1)N(c1ccccc1)c1ccccc1)c1ccccc1N(c1ccccc1)c1ccccc1. The first-order chi connectivity index (χ1) is 39.8. The first kappa shape index (κ1) is 50.2. The molecule has 12 rings (SSSR count). The third-order valence-electron chi connectivity index (χ3n) is 14.2. The predicted molar refractivity (Wildman–Crippen MR) is 340 cm³/mol. The van der Waals surface area contributed by atoms with Gasteiger partial charge >= 0.3 is 0 Å². The van der Waals surface area contributed by atoms with Crippen LogP contribution in [0.5, 0.6) is 0 Å². The van der Waals surface area contributed by atoms with E-state index in [4.69, 9.17) is 0 Å². The monoisotopic (exact) mass is 1030 g/mol. The minimum atomic E-state index is 0.971. The van der Waals surface area contributed by atoms with Crippen LogP contribution in [-0.4, -0.2) is 0 Å². The third kappa shape index (κ3) is 10.8. The van der Waals surface area contributed by atoms with Crippen LogP contribution in [0.25, 0.3) is 34.7 Å². The van der Waals surface area contributed by atoms with Crippen LogP contribution in [0.1, 0.15) is 22.3 Å². The summed E-state index contributed by atoms with van der Waals surface area (Å²) in [6.07, 6.45) is 4.81. The number of rotatable bonds is 17. The Hall–Kier alpha value is -10.7. The van der Waals surface area contributed by atoms with Crippen molar-refractivity contribution < 1.29 is 0 Å². The van der Waals surface area contributed by atoms with Crippen molar-refractivity contribution in [2.24, 2.45) is 0 Å². The average Bonchev–Trinajstić information content (AvgIpc) is 3.73. The van der Waals surface area contributed by atoms with E-state index in [2.05, 4.69) is 371 Å². The molecule has 12 aromatic carbocycles. The van der Waals surface area contributed by atoms with Gasteiger partial charge in [0.15, 0.2) is 0 Å². The summed E-state index contributed by atoms with van der Waals surface area (Å²) < 4.78 is 0. The Labute approximate surface area is 470 Å². The van der Waals surface area contributed by atoms with E-state index in [9.17, 15) is 0 Å². The molecule has 0 saturated heterocycles. The molecule has 0 aliphatic rings. The Kier molecular flexibility index (Phi) is 15.1. The van der Waals surface area contributed by atoms with Gasteiger partial charge in [0, 0.05) is 67.8 Å². The number of para-hydroxylation sites is 10. The van der Waals surface area contributed by atoms with Crippen LogP contribution in [0.3, 0.4) is 0 Å². The van der Waals surface area contributed by atoms with E-state index in [-0.39, 0.29) is 0 Å². The zero-order chi connectivity index (χ0) is 53.7. The fourth-order valence-electron chi connectivity index (χ4n) is 10.7. The van der Waals surface area contributed by atoms with Gasteiger partial charge in [-0.2, -0.15) is 0 Å². The summed E-state index contributed by atoms with van der Waals surface area (Å²) in [5.74, 6) is 0. The minimum Gasteiger partial charge on any atom is -0.310 e. The van der Waals surface area contributed by atoms with Crippen molar-refractivity contribution in [3.63, 3.8) is 0 Å². The van der Waals surface area contributed by atoms with Crippen molar-refractivity contribution in [3.8, 4) is 11.1 Å². The van der Waals surface area contributed by atoms with E-state index < -0.39 is 0 Å². The van der Waals surface area contributed by atoms with E-state index in [0.717, 1.165) is 102 Å². The first-order valence-electron chi connectivity index (χ1n) is 27.2. The van der Waals surface area contributed by atoms with Crippen molar-refractivity contribution in [2.45, 2.75) is 0 Å². The minimum absolute atomic E-state index is 0.971. The largest absolute Gasteiger partial charge is 0.310 e. The van der Waals surface area contributed by atoms with Gasteiger partial charge < -0.3 is 19.6 Å². The lowest BCUT2D eigenvalue weighted by molar-refractivity contribution is 1.26. The molecule has 80 heavy (non-hydrogen) atoms. The number of anilines is 10. The molecule has 0 N–H and O–H groups in total. The second-order valence-corrected chi connectivity index (χ2v) is 19.3. The maximum Gasteiger partial charge on any atom is 0.0553 e. The normalized spacial score (nSPS) is 11.4. The second-order valence-electron chi connectivity index (χ2n) is 19.3. The standard InChI is InChI=1S/C76H58N4/c1-10-33-59(34-11-1)70-53-32-54-71(74(79(66-45-20-6-21-46-66)67-47-22-7-23-48-67)57-60-35-28-30-55-72(60)77(62-37-12-2-13-38-62)63-39-14-3-15-40-63)76(70)75(80(68-49-24-8-25-50-68)69-51-26-9-27-52-69)58-61-36-29-31-56-73(61)78(64-41-16-4-17-42-64)65-43-18-5-19-44-65/h1-58H. The number of hydrogen-bond donors (Lipinski definition) is 0. The molecule has 0 fully saturated rings. The van der Waals surface area contributed by atoms with Crippen LogP contribution in [0.15, 0.2) is 340 Å². The topological polar surface area (TPSA) is 13.0 Å². The lowest BCUT2D eigenvalue weighted by atomic mass is 9.88. The Morgan fingerprint density at radius 2 is 0.500 bits per heavy atom. The van der Waals surface area contributed by atoms with Gasteiger partial charge in [-0.1, -0.05) is 231 Å². The molecular formula is C76H58N4. The van der Waals surface area contributed by atoms with Gasteiger partial charge in [0.1, 0.15) is 0 Å². The maximum absolute atomic E-state index is 2.44. The molecule has 12 aromatic rings. The van der Waals surface area contributed by atoms with Crippen LogP contribution in [0.2, 0.25) is 0 Å². The van der Waals surface area contributed by atoms with Gasteiger partial charge in [-0.15, -0.1) is 0 Å². The van der Waals surface area contributed by atoms with Gasteiger partial charge in [-0.05, 0) is 132 Å². The van der Waals surface area contributed by atoms with E-state index >= 15 is 0 Å². The van der Waals surface area contributed by atoms with Crippen LogP contribution in [0.4, 0.5) is 56.9 Å². The summed E-state index contributed by atoms with van der Waals surface area (Å²) in [7, 11) is 0. The molecule has 0 heterocycles. The molecule has 0 bridgehead atoms. The van der Waals surface area contributed by atoms with Gasteiger partial charge in [0.25, 0.3) is 0 Å². The number of nitrogens with zero attached hydrogens (tertiary/aromatic N) is 4. The van der Waals surface area contributed by atoms with E-state index in [1.54, 1.807) is 0 Å². The molecule has 0 aliphatic carbocycles. The quantitative estimate of drug-likeness (QED) is 0.0843. The summed E-state index contributed by atoms with van der Waals surface area (Å²) in [5, 5.41) is 0. The van der Waals surface area contributed by atoms with Gasteiger partial charge in [-0.25, -0.2) is 0 Å². The van der Waals surface area contributed by atoms with Crippen LogP contribution in [-0.2, 0) is 0 Å². The molecule has 0 aliphatic heterocycles. The van der Waals surface area contributed by atoms with E-state index in [0.29, 0.717) is 0 Å². The van der Waals surface area contributed by atoms with Crippen LogP contribution >= 0.6 is 0 Å². The van der Waals surface area contributed by atoms with Gasteiger partial charge in [0.2, 0.25) is 0 Å². The molecule has 0 radical (unpaired) electrons. The highest BCUT2D eigenvalue weighted by Crippen LogP contribution is 2.48. The molecule has 0 atom stereocenters. The van der Waals surface area contributed by atoms with E-state index in [1.807, 2.05) is 0 Å². The number of benzene rings is 12. The Morgan fingerprint density at radius 3 is 0.850 bits per heavy atom. The van der Waals surface area contributed by atoms with Crippen LogP contribution in [0, 0.1) is 0 Å². The lowest BCUT2D eigenvalue weighted by Gasteiger charge is -2.35. The summed E-state index contributed by atoms with van der Waals surface area (Å²) in [5.41, 5.74) is 18.6. The van der Waals surface area contributed by atoms with Crippen molar-refractivity contribution >= 4 is 80.4 Å². The fourth-order valence-corrected chi connectivity index (χ4v) is 10.7. The zero-order valence-electron chi connectivity index (χ0n) is 44.3. The maximum atomic E-state index is 2.44. The predicted octanol–water partition coefficient (Wildman–Crippen LogP) is 21.0. The summed E-state index contributed by atoms with van der Waals surface area (Å²) >= 11 is 0. The first-order valence-corrected chi connectivity index (χ1v) is 27.2. The Balaban J connectivity index is 1.23. The molecule has 4 nitrogen and oxygen atoms in total. The Morgan fingerprint density at radius 1 is 0.225 bits per heavy atom. The molecule has 382 valence electrons. The fraction of sp³-hybridized carbons (Fsp3) is 0. The molecule has 0 spiro atoms. The molecule has 0 aromatic heterocycles. The van der Waals surface area contributed by atoms with Crippen LogP contribution < -0.4 is 19.6 Å². The van der Waals surface area contributed by atoms with Crippen molar-refractivity contribution in [2.75, 3.05) is 19.6 Å². The van der Waals surface area contributed by atoms with E-state index in [1.165, 1.54) is 0 Å². The van der Waals surface area contributed by atoms with Gasteiger partial charge in [-0.3, -0.25) is 0 Å². The highest BCUT2D eigenvalue weighted by atomic mass is 15.2. The van der Waals surface area contributed by atoms with Crippen molar-refractivity contribution in [3.05, 3.63) is 362 Å². The summed E-state index contributed by atoms with van der Waals surface area (Å²) in [6.45, 7) is 0. The summed E-state index contributed by atoms with van der Waals surface area (Å²) in [4.78, 5) is 9.58. The molecule has 0 amide bonds. The highest BCUT2D eigenvalue weighted by Gasteiger charge is 2.29. The highest BCUT2D eigenvalue weighted by molar-refractivity contribution is 6.08. The average molecular weight is 1030 g/mol. The number of hydrogen-bond acceptors (Lipinski definition) is 4. The second kappa shape index (κ2) is 24.1. The lowest BCUT2D eigenvalue weighted by Crippen LogP contribution is -2.21. The Bertz CT molecular complexity index is 3810. The molecular weight excluding hydrogens is 969 g/mol. The zero-order valence-corrected chi connectivity index (χ0v) is 44.3. The smallest absolute Gasteiger partial charge is 0.0553 e. The molecule has 0 saturated carbocycles.